The second-order valence-electron chi connectivity index (χ2n) is 17.5. The fraction of sp³-hybridized carbons (Fsp3) is 0.800. The normalized spacial score (nSPS) is 12.4. The van der Waals surface area contributed by atoms with Crippen LogP contribution in [0.5, 0.6) is 0 Å². The van der Waals surface area contributed by atoms with E-state index >= 15 is 0 Å². The Morgan fingerprint density at radius 1 is 0.328 bits per heavy atom. The Labute approximate surface area is 378 Å². The smallest absolute Gasteiger partial charge is 0.306 e. The predicted octanol–water partition coefficient (Wildman–Crippen LogP) is 17.1. The van der Waals surface area contributed by atoms with Gasteiger partial charge in [0.1, 0.15) is 13.2 Å². The molecular weight excluding hydrogens is 757 g/mol. The second-order valence-corrected chi connectivity index (χ2v) is 17.5. The quantitative estimate of drug-likeness (QED) is 0.0199. The Morgan fingerprint density at radius 2 is 0.607 bits per heavy atom. The van der Waals surface area contributed by atoms with E-state index in [0.717, 1.165) is 77.0 Å². The zero-order chi connectivity index (χ0) is 44.4. The number of hydrogen-bond donors (Lipinski definition) is 0. The molecule has 0 fully saturated rings. The molecule has 0 aromatic carbocycles. The molecule has 0 aliphatic heterocycles. The predicted molar refractivity (Wildman–Crippen MR) is 261 cm³/mol. The zero-order valence-electron chi connectivity index (χ0n) is 40.4. The first-order valence-corrected chi connectivity index (χ1v) is 26.2. The minimum atomic E-state index is -0.780. The molecule has 0 heterocycles. The Balaban J connectivity index is 4.38. The Morgan fingerprint density at radius 3 is 0.967 bits per heavy atom. The van der Waals surface area contributed by atoms with E-state index in [-0.39, 0.29) is 31.1 Å². The van der Waals surface area contributed by atoms with Crippen molar-refractivity contribution in [2.75, 3.05) is 13.2 Å². The van der Waals surface area contributed by atoms with E-state index in [9.17, 15) is 14.4 Å². The molecule has 0 amide bonds. The molecule has 0 aliphatic carbocycles. The van der Waals surface area contributed by atoms with Gasteiger partial charge in [-0.25, -0.2) is 0 Å². The zero-order valence-corrected chi connectivity index (χ0v) is 40.4. The summed E-state index contributed by atoms with van der Waals surface area (Å²) in [5.41, 5.74) is 0. The van der Waals surface area contributed by atoms with Crippen LogP contribution in [-0.4, -0.2) is 37.2 Å². The summed E-state index contributed by atoms with van der Waals surface area (Å²) in [6, 6.07) is 0. The van der Waals surface area contributed by atoms with Crippen LogP contribution >= 0.6 is 0 Å². The van der Waals surface area contributed by atoms with E-state index < -0.39 is 6.10 Å². The van der Waals surface area contributed by atoms with Crippen molar-refractivity contribution in [3.05, 3.63) is 48.6 Å². The maximum absolute atomic E-state index is 12.8. The SMILES string of the molecule is CCCCCC/C=C\CCCCCCCCCC(=O)OC(COC(=O)CCCCCCC\C=C/C=C\C=C/CCCCCCC)COC(=O)CCCCCCCCCCCC. The van der Waals surface area contributed by atoms with Gasteiger partial charge in [-0.05, 0) is 70.6 Å². The summed E-state index contributed by atoms with van der Waals surface area (Å²) in [7, 11) is 0. The highest BCUT2D eigenvalue weighted by atomic mass is 16.6. The van der Waals surface area contributed by atoms with E-state index in [1.807, 2.05) is 0 Å². The van der Waals surface area contributed by atoms with Crippen molar-refractivity contribution >= 4 is 17.9 Å². The van der Waals surface area contributed by atoms with Crippen LogP contribution < -0.4 is 0 Å². The van der Waals surface area contributed by atoms with Gasteiger partial charge >= 0.3 is 17.9 Å². The maximum Gasteiger partial charge on any atom is 0.306 e. The summed E-state index contributed by atoms with van der Waals surface area (Å²) < 4.78 is 16.8. The van der Waals surface area contributed by atoms with Gasteiger partial charge in [-0.15, -0.1) is 0 Å². The third-order valence-electron chi connectivity index (χ3n) is 11.4. The van der Waals surface area contributed by atoms with Crippen LogP contribution in [0.15, 0.2) is 48.6 Å². The Bertz CT molecular complexity index is 1070. The van der Waals surface area contributed by atoms with Crippen molar-refractivity contribution in [1.29, 1.82) is 0 Å². The van der Waals surface area contributed by atoms with Gasteiger partial charge in [-0.3, -0.25) is 14.4 Å². The number of rotatable bonds is 47. The lowest BCUT2D eigenvalue weighted by atomic mass is 10.1. The second kappa shape index (κ2) is 50.0. The fourth-order valence-electron chi connectivity index (χ4n) is 7.38. The van der Waals surface area contributed by atoms with Crippen LogP contribution in [0.1, 0.15) is 265 Å². The topological polar surface area (TPSA) is 78.9 Å². The van der Waals surface area contributed by atoms with Gasteiger partial charge in [0.25, 0.3) is 0 Å². The van der Waals surface area contributed by atoms with Crippen LogP contribution in [0.25, 0.3) is 0 Å². The van der Waals surface area contributed by atoms with Crippen molar-refractivity contribution in [2.24, 2.45) is 0 Å². The van der Waals surface area contributed by atoms with Gasteiger partial charge in [0, 0.05) is 19.3 Å². The molecular formula is C55H98O6. The molecule has 0 bridgehead atoms. The molecule has 0 saturated carbocycles. The minimum absolute atomic E-state index is 0.0796. The number of allylic oxidation sites excluding steroid dienone is 8. The average Bonchev–Trinajstić information content (AvgIpc) is 3.26. The molecule has 0 aliphatic rings. The van der Waals surface area contributed by atoms with Crippen molar-refractivity contribution in [3.8, 4) is 0 Å². The molecule has 0 aromatic heterocycles. The number of carbonyl (C=O) groups excluding carboxylic acids is 3. The molecule has 0 spiro atoms. The first-order chi connectivity index (χ1) is 30.0. The fourth-order valence-corrected chi connectivity index (χ4v) is 7.38. The van der Waals surface area contributed by atoms with E-state index in [1.54, 1.807) is 0 Å². The lowest BCUT2D eigenvalue weighted by Crippen LogP contribution is -2.30. The van der Waals surface area contributed by atoms with Crippen LogP contribution in [0.2, 0.25) is 0 Å². The van der Waals surface area contributed by atoms with E-state index in [2.05, 4.69) is 69.4 Å². The van der Waals surface area contributed by atoms with Gasteiger partial charge in [0.15, 0.2) is 6.10 Å². The molecule has 0 saturated heterocycles. The van der Waals surface area contributed by atoms with Crippen molar-refractivity contribution in [2.45, 2.75) is 271 Å². The van der Waals surface area contributed by atoms with E-state index in [1.165, 1.54) is 148 Å². The summed E-state index contributed by atoms with van der Waals surface area (Å²) in [4.78, 5) is 37.9. The molecule has 0 N–H and O–H groups in total. The van der Waals surface area contributed by atoms with Crippen LogP contribution in [0.3, 0.4) is 0 Å². The van der Waals surface area contributed by atoms with Gasteiger partial charge in [-0.2, -0.15) is 0 Å². The minimum Gasteiger partial charge on any atom is -0.462 e. The summed E-state index contributed by atoms with van der Waals surface area (Å²) in [6.45, 7) is 6.59. The lowest BCUT2D eigenvalue weighted by molar-refractivity contribution is -0.167. The third-order valence-corrected chi connectivity index (χ3v) is 11.4. The van der Waals surface area contributed by atoms with E-state index in [4.69, 9.17) is 14.2 Å². The van der Waals surface area contributed by atoms with Gasteiger partial charge in [-0.1, -0.05) is 223 Å². The molecule has 0 aromatic rings. The molecule has 1 unspecified atom stereocenters. The van der Waals surface area contributed by atoms with E-state index in [0.29, 0.717) is 19.3 Å². The molecule has 6 nitrogen and oxygen atoms in total. The summed E-state index contributed by atoms with van der Waals surface area (Å²) in [6.07, 6.45) is 59.5. The van der Waals surface area contributed by atoms with Crippen molar-refractivity contribution in [1.82, 2.24) is 0 Å². The van der Waals surface area contributed by atoms with Gasteiger partial charge in [0.05, 0.1) is 0 Å². The summed E-state index contributed by atoms with van der Waals surface area (Å²) in [5.74, 6) is -0.899. The third kappa shape index (κ3) is 48.3. The first kappa shape index (κ1) is 58.4. The molecule has 6 heteroatoms. The van der Waals surface area contributed by atoms with Crippen molar-refractivity contribution < 1.29 is 28.6 Å². The van der Waals surface area contributed by atoms with Crippen LogP contribution in [0.4, 0.5) is 0 Å². The first-order valence-electron chi connectivity index (χ1n) is 26.2. The monoisotopic (exact) mass is 855 g/mol. The molecule has 354 valence electrons. The van der Waals surface area contributed by atoms with Gasteiger partial charge in [0.2, 0.25) is 0 Å². The van der Waals surface area contributed by atoms with Gasteiger partial charge < -0.3 is 14.2 Å². The van der Waals surface area contributed by atoms with Crippen LogP contribution in [-0.2, 0) is 28.6 Å². The molecule has 0 radical (unpaired) electrons. The van der Waals surface area contributed by atoms with Crippen molar-refractivity contribution in [3.63, 3.8) is 0 Å². The van der Waals surface area contributed by atoms with Crippen LogP contribution in [0, 0.1) is 0 Å². The highest BCUT2D eigenvalue weighted by Crippen LogP contribution is 2.15. The highest BCUT2D eigenvalue weighted by Gasteiger charge is 2.19. The average molecular weight is 855 g/mol. The summed E-state index contributed by atoms with van der Waals surface area (Å²) in [5, 5.41) is 0. The molecule has 1 atom stereocenters. The number of carbonyl (C=O) groups is 3. The summed E-state index contributed by atoms with van der Waals surface area (Å²) >= 11 is 0. The molecule has 0 rings (SSSR count). The Kier molecular flexibility index (Phi) is 47.9. The number of ether oxygens (including phenoxy) is 3. The standard InChI is InChI=1S/C55H98O6/c1-4-7-10-13-16-19-22-24-26-27-28-30-31-33-36-39-42-45-48-54(57)60-51-52(50-59-53(56)47-44-41-38-35-21-18-15-12-9-6-3)61-55(58)49-46-43-40-37-34-32-29-25-23-20-17-14-11-8-5-2/h20,22-24,26-28,30,52H,4-19,21,25,29,31-51H2,1-3H3/b23-20-,24-22-,27-26-,30-28-. The number of unbranched alkanes of at least 4 members (excludes halogenated alkanes) is 30. The largest absolute Gasteiger partial charge is 0.462 e. The lowest BCUT2D eigenvalue weighted by Gasteiger charge is -2.18. The molecule has 61 heavy (non-hydrogen) atoms. The highest BCUT2D eigenvalue weighted by molar-refractivity contribution is 5.71. The number of esters is 3. The Hall–Kier alpha value is -2.63. The number of hydrogen-bond acceptors (Lipinski definition) is 6. The maximum atomic E-state index is 12.8.